The number of hydrogen-bond acceptors (Lipinski definition) is 6. The third-order valence-electron chi connectivity index (χ3n) is 5.26. The lowest BCUT2D eigenvalue weighted by Crippen LogP contribution is -2.41. The van der Waals surface area contributed by atoms with Gasteiger partial charge in [-0.25, -0.2) is 14.4 Å². The SMILES string of the molecule is CC(=C(F)B1OC(C)(C)C(C)(C)O1)c1ccc(Nc2ccnc(CO)n2)cc1. The molecule has 2 heterocycles. The highest BCUT2D eigenvalue weighted by Gasteiger charge is 2.53. The van der Waals surface area contributed by atoms with Gasteiger partial charge in [0.15, 0.2) is 5.82 Å². The largest absolute Gasteiger partial charge is 0.525 e. The minimum atomic E-state index is -1.01. The van der Waals surface area contributed by atoms with Crippen molar-refractivity contribution in [2.75, 3.05) is 5.32 Å². The molecule has 0 unspecified atom stereocenters. The fraction of sp³-hybridized carbons (Fsp3) is 0.400. The molecule has 1 aliphatic heterocycles. The summed E-state index contributed by atoms with van der Waals surface area (Å²) in [6, 6.07) is 9.00. The van der Waals surface area contributed by atoms with E-state index in [0.717, 1.165) is 11.3 Å². The van der Waals surface area contributed by atoms with Crippen LogP contribution < -0.4 is 5.32 Å². The van der Waals surface area contributed by atoms with Crippen molar-refractivity contribution in [3.8, 4) is 0 Å². The predicted molar refractivity (Wildman–Crippen MR) is 107 cm³/mol. The van der Waals surface area contributed by atoms with Crippen LogP contribution in [0.25, 0.3) is 5.57 Å². The van der Waals surface area contributed by atoms with Gasteiger partial charge >= 0.3 is 7.12 Å². The lowest BCUT2D eigenvalue weighted by atomic mass is 9.83. The van der Waals surface area contributed by atoms with Gasteiger partial charge in [0.2, 0.25) is 0 Å². The van der Waals surface area contributed by atoms with Crippen molar-refractivity contribution in [2.24, 2.45) is 0 Å². The van der Waals surface area contributed by atoms with Gasteiger partial charge in [0.1, 0.15) is 18.2 Å². The summed E-state index contributed by atoms with van der Waals surface area (Å²) in [6.45, 7) is 9.06. The quantitative estimate of drug-likeness (QED) is 0.757. The maximum Gasteiger partial charge on any atom is 0.525 e. The lowest BCUT2D eigenvalue weighted by molar-refractivity contribution is 0.00578. The second-order valence-corrected chi connectivity index (χ2v) is 7.78. The zero-order chi connectivity index (χ0) is 20.5. The molecule has 0 radical (unpaired) electrons. The second kappa shape index (κ2) is 7.62. The van der Waals surface area contributed by atoms with Crippen LogP contribution in [0.2, 0.25) is 0 Å². The summed E-state index contributed by atoms with van der Waals surface area (Å²) in [7, 11) is -1.01. The van der Waals surface area contributed by atoms with Gasteiger partial charge in [0.05, 0.1) is 11.2 Å². The minimum Gasteiger partial charge on any atom is -0.398 e. The topological polar surface area (TPSA) is 76.5 Å². The van der Waals surface area contributed by atoms with Crippen LogP contribution in [0.15, 0.2) is 42.3 Å². The number of rotatable bonds is 5. The first-order valence-electron chi connectivity index (χ1n) is 9.15. The first kappa shape index (κ1) is 20.4. The van der Waals surface area contributed by atoms with Gasteiger partial charge < -0.3 is 19.7 Å². The minimum absolute atomic E-state index is 0.226. The summed E-state index contributed by atoms with van der Waals surface area (Å²) in [5.41, 5.74) is 0.381. The van der Waals surface area contributed by atoms with E-state index in [1.165, 1.54) is 0 Å². The van der Waals surface area contributed by atoms with E-state index < -0.39 is 24.0 Å². The number of benzene rings is 1. The van der Waals surface area contributed by atoms with Gasteiger partial charge in [-0.2, -0.15) is 0 Å². The van der Waals surface area contributed by atoms with E-state index in [1.807, 2.05) is 52.0 Å². The van der Waals surface area contributed by atoms with E-state index in [-0.39, 0.29) is 6.61 Å². The highest BCUT2D eigenvalue weighted by molar-refractivity contribution is 6.55. The summed E-state index contributed by atoms with van der Waals surface area (Å²) in [5.74, 6) is 0.910. The summed E-state index contributed by atoms with van der Waals surface area (Å²) >= 11 is 0. The molecule has 1 aliphatic rings. The van der Waals surface area contributed by atoms with Crippen LogP contribution in [-0.4, -0.2) is 33.4 Å². The van der Waals surface area contributed by atoms with Gasteiger partial charge in [0, 0.05) is 11.9 Å². The summed E-state index contributed by atoms with van der Waals surface area (Å²) < 4.78 is 26.6. The van der Waals surface area contributed by atoms with Crippen LogP contribution >= 0.6 is 0 Å². The van der Waals surface area contributed by atoms with Crippen LogP contribution in [0.1, 0.15) is 46.0 Å². The standard InChI is InChI=1S/C20H25BFN3O3/c1-13(18(22)21-27-19(2,3)20(4,5)28-21)14-6-8-15(9-7-14)24-16-10-11-23-17(12-26)25-16/h6-11,26H,12H2,1-5H3,(H,23,24,25). The Labute approximate surface area is 165 Å². The first-order chi connectivity index (χ1) is 13.1. The Bertz CT molecular complexity index is 869. The molecule has 0 spiro atoms. The molecule has 0 bridgehead atoms. The predicted octanol–water partition coefficient (Wildman–Crippen LogP) is 4.04. The fourth-order valence-corrected chi connectivity index (χ4v) is 2.76. The van der Waals surface area contributed by atoms with Gasteiger partial charge in [0.25, 0.3) is 0 Å². The van der Waals surface area contributed by atoms with Crippen LogP contribution in [0.3, 0.4) is 0 Å². The highest BCUT2D eigenvalue weighted by Crippen LogP contribution is 2.40. The summed E-state index contributed by atoms with van der Waals surface area (Å²) in [4.78, 5) is 8.12. The molecule has 6 nitrogen and oxygen atoms in total. The third-order valence-corrected chi connectivity index (χ3v) is 5.26. The molecule has 28 heavy (non-hydrogen) atoms. The Morgan fingerprint density at radius 2 is 1.71 bits per heavy atom. The number of aliphatic hydroxyl groups is 1. The Morgan fingerprint density at radius 1 is 1.11 bits per heavy atom. The molecule has 0 atom stereocenters. The van der Waals surface area contributed by atoms with E-state index in [4.69, 9.17) is 14.4 Å². The van der Waals surface area contributed by atoms with Crippen LogP contribution in [-0.2, 0) is 15.9 Å². The molecule has 1 saturated heterocycles. The van der Waals surface area contributed by atoms with Gasteiger partial charge in [-0.3, -0.25) is 0 Å². The van der Waals surface area contributed by atoms with Gasteiger partial charge in [-0.05, 0) is 64.0 Å². The van der Waals surface area contributed by atoms with Crippen molar-refractivity contribution in [3.63, 3.8) is 0 Å². The number of aromatic nitrogens is 2. The molecule has 148 valence electrons. The normalized spacial score (nSPS) is 18.8. The number of halogens is 1. The van der Waals surface area contributed by atoms with E-state index in [2.05, 4.69) is 15.3 Å². The molecule has 8 heteroatoms. The third kappa shape index (κ3) is 4.09. The van der Waals surface area contributed by atoms with Crippen molar-refractivity contribution in [3.05, 3.63) is 53.6 Å². The van der Waals surface area contributed by atoms with Gasteiger partial charge in [-0.1, -0.05) is 12.1 Å². The zero-order valence-electron chi connectivity index (χ0n) is 16.8. The molecule has 3 rings (SSSR count). The molecule has 1 aromatic heterocycles. The average Bonchev–Trinajstić information content (AvgIpc) is 2.88. The fourth-order valence-electron chi connectivity index (χ4n) is 2.76. The Kier molecular flexibility index (Phi) is 5.56. The van der Waals surface area contributed by atoms with E-state index >= 15 is 0 Å². The molecule has 0 amide bonds. The molecular formula is C20H25BFN3O3. The van der Waals surface area contributed by atoms with Crippen molar-refractivity contribution in [1.82, 2.24) is 9.97 Å². The molecule has 1 fully saturated rings. The molecule has 1 aromatic carbocycles. The van der Waals surface area contributed by atoms with E-state index in [1.54, 1.807) is 19.2 Å². The maximum absolute atomic E-state index is 15.0. The second-order valence-electron chi connectivity index (χ2n) is 7.78. The number of hydrogen-bond donors (Lipinski definition) is 2. The number of aliphatic hydroxyl groups excluding tert-OH is 1. The lowest BCUT2D eigenvalue weighted by Gasteiger charge is -2.32. The first-order valence-corrected chi connectivity index (χ1v) is 9.15. The molecule has 0 saturated carbocycles. The van der Waals surface area contributed by atoms with Crippen molar-refractivity contribution in [2.45, 2.75) is 52.4 Å². The molecule has 2 N–H and O–H groups in total. The van der Waals surface area contributed by atoms with Crippen LogP contribution in [0, 0.1) is 0 Å². The van der Waals surface area contributed by atoms with Crippen molar-refractivity contribution < 1.29 is 18.8 Å². The van der Waals surface area contributed by atoms with Crippen molar-refractivity contribution in [1.29, 1.82) is 0 Å². The monoisotopic (exact) mass is 385 g/mol. The average molecular weight is 385 g/mol. The van der Waals surface area contributed by atoms with Gasteiger partial charge in [-0.15, -0.1) is 0 Å². The number of nitrogens with zero attached hydrogens (tertiary/aromatic N) is 2. The molecule has 2 aromatic rings. The van der Waals surface area contributed by atoms with Crippen LogP contribution in [0.5, 0.6) is 0 Å². The summed E-state index contributed by atoms with van der Waals surface area (Å²) in [5, 5.41) is 12.2. The van der Waals surface area contributed by atoms with Crippen molar-refractivity contribution >= 4 is 24.2 Å². The molecular weight excluding hydrogens is 360 g/mol. The Hall–Kier alpha value is -2.29. The van der Waals surface area contributed by atoms with E-state index in [0.29, 0.717) is 17.2 Å². The number of anilines is 2. The maximum atomic E-state index is 15.0. The Balaban J connectivity index is 1.76. The zero-order valence-corrected chi connectivity index (χ0v) is 16.8. The Morgan fingerprint density at radius 3 is 2.29 bits per heavy atom. The number of allylic oxidation sites excluding steroid dienone is 1. The number of nitrogens with one attached hydrogen (secondary N) is 1. The van der Waals surface area contributed by atoms with Crippen LogP contribution in [0.4, 0.5) is 15.9 Å². The summed E-state index contributed by atoms with van der Waals surface area (Å²) in [6.07, 6.45) is 1.57. The van der Waals surface area contributed by atoms with E-state index in [9.17, 15) is 4.39 Å². The smallest absolute Gasteiger partial charge is 0.398 e. The molecule has 0 aliphatic carbocycles. The highest BCUT2D eigenvalue weighted by atomic mass is 19.1.